The van der Waals surface area contributed by atoms with Crippen molar-refractivity contribution >= 4 is 36.1 Å². The zero-order valence-corrected chi connectivity index (χ0v) is 16.5. The van der Waals surface area contributed by atoms with Crippen LogP contribution in [-0.2, 0) is 9.59 Å². The highest BCUT2D eigenvalue weighted by atomic mass is 35.5. The Morgan fingerprint density at radius 1 is 1.29 bits per heavy atom. The lowest BCUT2D eigenvalue weighted by molar-refractivity contribution is -0.126. The van der Waals surface area contributed by atoms with Gasteiger partial charge in [-0.3, -0.25) is 9.59 Å². The molecule has 1 aromatic rings. The number of anilines is 1. The topological polar surface area (TPSA) is 89.9 Å². The molecule has 0 spiro atoms. The third-order valence-corrected chi connectivity index (χ3v) is 4.91. The molecule has 1 amide bonds. The Morgan fingerprint density at radius 2 is 1.89 bits per heavy atom. The van der Waals surface area contributed by atoms with Crippen LogP contribution in [0.25, 0.3) is 0 Å². The Morgan fingerprint density at radius 3 is 2.36 bits per heavy atom. The highest BCUT2D eigenvalue weighted by Crippen LogP contribution is 2.34. The first-order chi connectivity index (χ1) is 13.1. The number of nitrogens with zero attached hydrogens (tertiary/aromatic N) is 1. The van der Waals surface area contributed by atoms with E-state index in [9.17, 15) is 28.4 Å². The minimum Gasteiger partial charge on any atom is -0.426 e. The summed E-state index contributed by atoms with van der Waals surface area (Å²) in [6.45, 7) is 4.09. The fourth-order valence-corrected chi connectivity index (χ4v) is 3.44. The van der Waals surface area contributed by atoms with Crippen LogP contribution in [0.15, 0.2) is 12.1 Å². The normalized spacial score (nSPS) is 17.3. The number of hydrogen-bond donors (Lipinski definition) is 3. The van der Waals surface area contributed by atoms with E-state index in [0.717, 1.165) is 12.1 Å². The second kappa shape index (κ2) is 9.67. The fraction of sp³-hybridized carbons (Fsp3) is 0.556. The summed E-state index contributed by atoms with van der Waals surface area (Å²) in [5.74, 6) is -3.15. The molecule has 1 heterocycles. The smallest absolute Gasteiger partial charge is 0.426 e. The molecule has 28 heavy (non-hydrogen) atoms. The summed E-state index contributed by atoms with van der Waals surface area (Å²) < 4.78 is 28.1. The average Bonchev–Trinajstić information content (AvgIpc) is 2.53. The molecular weight excluding hydrogens is 392 g/mol. The first-order valence-electron chi connectivity index (χ1n) is 9.19. The van der Waals surface area contributed by atoms with Crippen molar-refractivity contribution in [3.8, 4) is 0 Å². The van der Waals surface area contributed by atoms with Gasteiger partial charge in [0.1, 0.15) is 5.69 Å². The van der Waals surface area contributed by atoms with Crippen molar-refractivity contribution in [2.24, 2.45) is 5.92 Å². The van der Waals surface area contributed by atoms with Crippen molar-refractivity contribution < 1.29 is 28.4 Å². The number of carbonyl (C=O) groups excluding carboxylic acids is 2. The molecule has 0 aliphatic carbocycles. The van der Waals surface area contributed by atoms with Crippen LogP contribution in [-0.4, -0.2) is 47.4 Å². The molecule has 1 aliphatic heterocycles. The van der Waals surface area contributed by atoms with Gasteiger partial charge in [0.25, 0.3) is 0 Å². The van der Waals surface area contributed by atoms with E-state index >= 15 is 0 Å². The third kappa shape index (κ3) is 5.65. The predicted molar refractivity (Wildman–Crippen MR) is 103 cm³/mol. The Balaban J connectivity index is 1.92. The van der Waals surface area contributed by atoms with Gasteiger partial charge in [-0.05, 0) is 30.9 Å². The van der Waals surface area contributed by atoms with Crippen LogP contribution in [0, 0.1) is 17.6 Å². The van der Waals surface area contributed by atoms with Gasteiger partial charge >= 0.3 is 7.12 Å². The standard InChI is InChI=1S/C18H24BClF2N2O4/c1-10(2)7-16(19(27)28)23-17(26)4-3-15(25)14-5-6-24(14)18-12(21)8-11(20)9-13(18)22/h8-10,14,16,27-28H,3-7H2,1-2H3,(H,23,26)/t14-,16-/m0/s1. The predicted octanol–water partition coefficient (Wildman–Crippen LogP) is 2.09. The van der Waals surface area contributed by atoms with Crippen LogP contribution in [0.4, 0.5) is 14.5 Å². The molecule has 1 aromatic carbocycles. The molecule has 10 heteroatoms. The second-order valence-electron chi connectivity index (χ2n) is 7.40. The van der Waals surface area contributed by atoms with Gasteiger partial charge in [-0.1, -0.05) is 25.4 Å². The molecule has 0 unspecified atom stereocenters. The highest BCUT2D eigenvalue weighted by Gasteiger charge is 2.37. The van der Waals surface area contributed by atoms with Gasteiger partial charge in [0.2, 0.25) is 5.91 Å². The van der Waals surface area contributed by atoms with Gasteiger partial charge in [0.15, 0.2) is 17.4 Å². The van der Waals surface area contributed by atoms with Crippen molar-refractivity contribution in [3.63, 3.8) is 0 Å². The maximum Gasteiger partial charge on any atom is 0.475 e. The fourth-order valence-electron chi connectivity index (χ4n) is 3.24. The Hall–Kier alpha value is -1.71. The molecule has 0 saturated carbocycles. The van der Waals surface area contributed by atoms with Gasteiger partial charge in [0.05, 0.1) is 12.0 Å². The highest BCUT2D eigenvalue weighted by molar-refractivity contribution is 6.43. The summed E-state index contributed by atoms with van der Waals surface area (Å²) in [6.07, 6.45) is 0.561. The van der Waals surface area contributed by atoms with E-state index in [2.05, 4.69) is 5.32 Å². The first-order valence-corrected chi connectivity index (χ1v) is 9.57. The summed E-state index contributed by atoms with van der Waals surface area (Å²) in [6, 6.07) is 1.28. The van der Waals surface area contributed by atoms with Crippen LogP contribution in [0.2, 0.25) is 5.02 Å². The lowest BCUT2D eigenvalue weighted by Crippen LogP contribution is -2.53. The van der Waals surface area contributed by atoms with Crippen molar-refractivity contribution in [2.75, 3.05) is 11.4 Å². The summed E-state index contributed by atoms with van der Waals surface area (Å²) in [5.41, 5.74) is -0.293. The molecule has 2 atom stereocenters. The zero-order valence-electron chi connectivity index (χ0n) is 15.8. The largest absolute Gasteiger partial charge is 0.475 e. The maximum atomic E-state index is 14.1. The number of Topliss-reactive ketones (excluding diaryl/α,β-unsaturated/α-hetero) is 1. The molecule has 1 fully saturated rings. The SMILES string of the molecule is CC(C)C[C@H](NC(=O)CCC(=O)[C@@H]1CCN1c1c(F)cc(Cl)cc1F)B(O)O. The van der Waals surface area contributed by atoms with Crippen molar-refractivity contribution in [1.29, 1.82) is 0 Å². The molecule has 0 radical (unpaired) electrons. The van der Waals surface area contributed by atoms with Crippen molar-refractivity contribution in [1.82, 2.24) is 5.32 Å². The van der Waals surface area contributed by atoms with E-state index in [1.165, 1.54) is 4.90 Å². The van der Waals surface area contributed by atoms with Gasteiger partial charge in [-0.25, -0.2) is 8.78 Å². The van der Waals surface area contributed by atoms with Gasteiger partial charge in [0, 0.05) is 24.4 Å². The molecule has 3 N–H and O–H groups in total. The van der Waals surface area contributed by atoms with E-state index < -0.39 is 36.6 Å². The first kappa shape index (κ1) is 22.6. The summed E-state index contributed by atoms with van der Waals surface area (Å²) in [5, 5.41) is 21.1. The number of ketones is 1. The quantitative estimate of drug-likeness (QED) is 0.536. The van der Waals surface area contributed by atoms with Crippen LogP contribution in [0.1, 0.15) is 39.5 Å². The average molecular weight is 417 g/mol. The monoisotopic (exact) mass is 416 g/mol. The molecule has 2 rings (SSSR count). The Kier molecular flexibility index (Phi) is 7.80. The Labute approximate surface area is 168 Å². The number of rotatable bonds is 9. The van der Waals surface area contributed by atoms with Crippen molar-refractivity contribution in [2.45, 2.75) is 51.5 Å². The molecule has 1 saturated heterocycles. The summed E-state index contributed by atoms with van der Waals surface area (Å²) >= 11 is 5.62. The molecule has 1 aliphatic rings. The number of carbonyl (C=O) groups is 2. The van der Waals surface area contributed by atoms with E-state index in [1.54, 1.807) is 0 Å². The summed E-state index contributed by atoms with van der Waals surface area (Å²) in [7, 11) is -1.69. The lowest BCUT2D eigenvalue weighted by Gasteiger charge is -2.42. The maximum absolute atomic E-state index is 14.1. The number of hydrogen-bond acceptors (Lipinski definition) is 5. The molecule has 0 aromatic heterocycles. The molecular formula is C18H24BClF2N2O4. The number of halogens is 3. The molecule has 154 valence electrons. The summed E-state index contributed by atoms with van der Waals surface area (Å²) in [4.78, 5) is 25.8. The van der Waals surface area contributed by atoms with Crippen LogP contribution in [0.5, 0.6) is 0 Å². The molecule has 6 nitrogen and oxygen atoms in total. The molecule has 0 bridgehead atoms. The number of benzene rings is 1. The van der Waals surface area contributed by atoms with E-state index in [4.69, 9.17) is 11.6 Å². The van der Waals surface area contributed by atoms with Gasteiger partial charge < -0.3 is 20.3 Å². The van der Waals surface area contributed by atoms with Crippen LogP contribution >= 0.6 is 11.6 Å². The van der Waals surface area contributed by atoms with Crippen molar-refractivity contribution in [3.05, 3.63) is 28.8 Å². The van der Waals surface area contributed by atoms with Crippen LogP contribution < -0.4 is 10.2 Å². The van der Waals surface area contributed by atoms with E-state index in [1.807, 2.05) is 13.8 Å². The minimum absolute atomic E-state index is 0.0687. The van der Waals surface area contributed by atoms with E-state index in [0.29, 0.717) is 19.4 Å². The van der Waals surface area contributed by atoms with Crippen LogP contribution in [0.3, 0.4) is 0 Å². The van der Waals surface area contributed by atoms with Gasteiger partial charge in [-0.15, -0.1) is 0 Å². The second-order valence-corrected chi connectivity index (χ2v) is 7.84. The number of amides is 1. The zero-order chi connectivity index (χ0) is 21.0. The lowest BCUT2D eigenvalue weighted by atomic mass is 9.75. The van der Waals surface area contributed by atoms with E-state index in [-0.39, 0.29) is 35.3 Å². The third-order valence-electron chi connectivity index (χ3n) is 4.69. The van der Waals surface area contributed by atoms with Gasteiger partial charge in [-0.2, -0.15) is 0 Å². The minimum atomic E-state index is -1.69. The number of nitrogens with one attached hydrogen (secondary N) is 1. The Bertz CT molecular complexity index is 713.